The van der Waals surface area contributed by atoms with Gasteiger partial charge in [0.05, 0.1) is 6.04 Å². The molecule has 2 unspecified atom stereocenters. The Morgan fingerprint density at radius 2 is 2.24 bits per heavy atom. The second kappa shape index (κ2) is 7.95. The molecule has 5 heteroatoms. The monoisotopic (exact) mass is 260 g/mol. The summed E-state index contributed by atoms with van der Waals surface area (Å²) in [6.07, 6.45) is 6.96. The van der Waals surface area contributed by atoms with Crippen LogP contribution in [0, 0.1) is 5.92 Å². The van der Waals surface area contributed by atoms with Crippen LogP contribution in [-0.2, 0) is 4.79 Å². The molecule has 1 saturated carbocycles. The van der Waals surface area contributed by atoms with Gasteiger partial charge in [-0.3, -0.25) is 4.79 Å². The van der Waals surface area contributed by atoms with E-state index >= 15 is 0 Å². The third-order valence-corrected chi connectivity index (χ3v) is 4.08. The number of thioether (sulfide) groups is 1. The summed E-state index contributed by atoms with van der Waals surface area (Å²) < 4.78 is 0. The zero-order valence-electron chi connectivity index (χ0n) is 10.5. The Labute approximate surface area is 108 Å². The van der Waals surface area contributed by atoms with Gasteiger partial charge in [0, 0.05) is 18.6 Å². The fraction of sp³-hybridized carbons (Fsp3) is 0.917. The zero-order chi connectivity index (χ0) is 12.7. The third-order valence-electron chi connectivity index (χ3n) is 3.44. The lowest BCUT2D eigenvalue weighted by atomic mass is 9.85. The van der Waals surface area contributed by atoms with Crippen LogP contribution in [0.3, 0.4) is 0 Å². The smallest absolute Gasteiger partial charge is 0.237 e. The molecule has 3 atom stereocenters. The van der Waals surface area contributed by atoms with Crippen LogP contribution in [0.25, 0.3) is 0 Å². The van der Waals surface area contributed by atoms with E-state index in [0.29, 0.717) is 6.42 Å². The number of nitrogens with one attached hydrogen (secondary N) is 1. The minimum Gasteiger partial charge on any atom is -0.396 e. The molecule has 1 fully saturated rings. The van der Waals surface area contributed by atoms with Crippen LogP contribution < -0.4 is 11.1 Å². The lowest BCUT2D eigenvalue weighted by Crippen LogP contribution is -2.49. The Kier molecular flexibility index (Phi) is 6.92. The first kappa shape index (κ1) is 14.8. The zero-order valence-corrected chi connectivity index (χ0v) is 11.3. The van der Waals surface area contributed by atoms with Gasteiger partial charge in [-0.15, -0.1) is 0 Å². The van der Waals surface area contributed by atoms with E-state index in [1.54, 1.807) is 11.8 Å². The van der Waals surface area contributed by atoms with Gasteiger partial charge in [0.15, 0.2) is 0 Å². The van der Waals surface area contributed by atoms with E-state index in [1.165, 1.54) is 0 Å². The number of carbonyl (C=O) groups excluding carboxylic acids is 1. The van der Waals surface area contributed by atoms with Gasteiger partial charge in [-0.2, -0.15) is 11.8 Å². The second-order valence-electron chi connectivity index (χ2n) is 4.73. The predicted octanol–water partition coefficient (Wildman–Crippen LogP) is 0.734. The molecular formula is C12H24N2O2S. The predicted molar refractivity (Wildman–Crippen MR) is 71.9 cm³/mol. The molecule has 1 rings (SSSR count). The number of hydrogen-bond acceptors (Lipinski definition) is 4. The van der Waals surface area contributed by atoms with Gasteiger partial charge in [0.2, 0.25) is 5.91 Å². The number of amides is 1. The summed E-state index contributed by atoms with van der Waals surface area (Å²) in [5.41, 5.74) is 5.82. The van der Waals surface area contributed by atoms with Crippen LogP contribution in [0.4, 0.5) is 0 Å². The number of carbonyl (C=O) groups is 1. The van der Waals surface area contributed by atoms with E-state index in [4.69, 9.17) is 5.73 Å². The van der Waals surface area contributed by atoms with Gasteiger partial charge in [0.1, 0.15) is 0 Å². The van der Waals surface area contributed by atoms with Crippen molar-refractivity contribution in [2.45, 2.75) is 44.2 Å². The summed E-state index contributed by atoms with van der Waals surface area (Å²) in [7, 11) is 0. The maximum absolute atomic E-state index is 11.9. The number of hydrogen-bond donors (Lipinski definition) is 3. The second-order valence-corrected chi connectivity index (χ2v) is 5.72. The van der Waals surface area contributed by atoms with Crippen molar-refractivity contribution in [1.82, 2.24) is 5.32 Å². The summed E-state index contributed by atoms with van der Waals surface area (Å²) >= 11 is 1.70. The van der Waals surface area contributed by atoms with E-state index < -0.39 is 6.04 Å². The quantitative estimate of drug-likeness (QED) is 0.658. The average molecular weight is 260 g/mol. The van der Waals surface area contributed by atoms with Crippen LogP contribution in [0.2, 0.25) is 0 Å². The SMILES string of the molecule is CSCC[C@H](N)C(=O)NC1CCCCC1CO. The van der Waals surface area contributed by atoms with Crippen molar-refractivity contribution < 1.29 is 9.90 Å². The molecule has 0 aromatic carbocycles. The fourth-order valence-electron chi connectivity index (χ4n) is 2.28. The van der Waals surface area contributed by atoms with E-state index in [0.717, 1.165) is 31.4 Å². The lowest BCUT2D eigenvalue weighted by molar-refractivity contribution is -0.123. The normalized spacial score (nSPS) is 26.5. The Morgan fingerprint density at radius 1 is 1.53 bits per heavy atom. The summed E-state index contributed by atoms with van der Waals surface area (Å²) in [5.74, 6) is 1.05. The average Bonchev–Trinajstić information content (AvgIpc) is 2.36. The van der Waals surface area contributed by atoms with Gasteiger partial charge in [0.25, 0.3) is 0 Å². The Bertz CT molecular complexity index is 239. The largest absolute Gasteiger partial charge is 0.396 e. The van der Waals surface area contributed by atoms with E-state index in [-0.39, 0.29) is 24.5 Å². The fourth-order valence-corrected chi connectivity index (χ4v) is 2.77. The molecule has 1 amide bonds. The van der Waals surface area contributed by atoms with Gasteiger partial charge >= 0.3 is 0 Å². The highest BCUT2D eigenvalue weighted by atomic mass is 32.2. The Morgan fingerprint density at radius 3 is 2.88 bits per heavy atom. The first-order valence-electron chi connectivity index (χ1n) is 6.34. The maximum Gasteiger partial charge on any atom is 0.237 e. The van der Waals surface area contributed by atoms with Crippen LogP contribution in [0.5, 0.6) is 0 Å². The van der Waals surface area contributed by atoms with Crippen molar-refractivity contribution in [1.29, 1.82) is 0 Å². The minimum absolute atomic E-state index is 0.0654. The van der Waals surface area contributed by atoms with Crippen LogP contribution in [-0.4, -0.2) is 41.7 Å². The highest BCUT2D eigenvalue weighted by molar-refractivity contribution is 7.98. The van der Waals surface area contributed by atoms with Gasteiger partial charge < -0.3 is 16.2 Å². The van der Waals surface area contributed by atoms with Gasteiger partial charge in [-0.1, -0.05) is 12.8 Å². The lowest BCUT2D eigenvalue weighted by Gasteiger charge is -2.31. The highest BCUT2D eigenvalue weighted by Crippen LogP contribution is 2.23. The Balaban J connectivity index is 2.37. The first-order chi connectivity index (χ1) is 8.19. The molecule has 0 aromatic rings. The van der Waals surface area contributed by atoms with Crippen molar-refractivity contribution in [3.8, 4) is 0 Å². The van der Waals surface area contributed by atoms with E-state index in [9.17, 15) is 9.90 Å². The molecule has 0 spiro atoms. The minimum atomic E-state index is -0.413. The molecular weight excluding hydrogens is 236 g/mol. The van der Waals surface area contributed by atoms with Crippen molar-refractivity contribution in [3.05, 3.63) is 0 Å². The molecule has 1 aliphatic carbocycles. The molecule has 0 aromatic heterocycles. The topological polar surface area (TPSA) is 75.4 Å². The summed E-state index contributed by atoms with van der Waals surface area (Å²) in [6.45, 7) is 0.158. The van der Waals surface area contributed by atoms with E-state index in [1.807, 2.05) is 6.26 Å². The molecule has 17 heavy (non-hydrogen) atoms. The van der Waals surface area contributed by atoms with Crippen LogP contribution >= 0.6 is 11.8 Å². The number of aliphatic hydroxyl groups is 1. The molecule has 100 valence electrons. The number of rotatable bonds is 6. The van der Waals surface area contributed by atoms with Crippen molar-refractivity contribution in [2.24, 2.45) is 11.7 Å². The number of aliphatic hydroxyl groups excluding tert-OH is 1. The molecule has 0 aliphatic heterocycles. The molecule has 0 saturated heterocycles. The van der Waals surface area contributed by atoms with Crippen molar-refractivity contribution in [2.75, 3.05) is 18.6 Å². The third kappa shape index (κ3) is 4.85. The standard InChI is InChI=1S/C12H24N2O2S/c1-17-7-6-10(13)12(16)14-11-5-3-2-4-9(11)8-15/h9-11,15H,2-8,13H2,1H3,(H,14,16)/t9?,10-,11?/m0/s1. The molecule has 4 N–H and O–H groups in total. The molecule has 0 heterocycles. The van der Waals surface area contributed by atoms with Crippen LogP contribution in [0.15, 0.2) is 0 Å². The Hall–Kier alpha value is -0.260. The molecule has 4 nitrogen and oxygen atoms in total. The summed E-state index contributed by atoms with van der Waals surface area (Å²) in [5, 5.41) is 12.3. The van der Waals surface area contributed by atoms with Crippen molar-refractivity contribution in [3.63, 3.8) is 0 Å². The summed E-state index contributed by atoms with van der Waals surface area (Å²) in [6, 6.07) is -0.301. The highest BCUT2D eigenvalue weighted by Gasteiger charge is 2.27. The van der Waals surface area contributed by atoms with E-state index in [2.05, 4.69) is 5.32 Å². The molecule has 0 bridgehead atoms. The maximum atomic E-state index is 11.9. The van der Waals surface area contributed by atoms with Gasteiger partial charge in [-0.05, 0) is 31.3 Å². The van der Waals surface area contributed by atoms with Crippen molar-refractivity contribution >= 4 is 17.7 Å². The van der Waals surface area contributed by atoms with Crippen LogP contribution in [0.1, 0.15) is 32.1 Å². The summed E-state index contributed by atoms with van der Waals surface area (Å²) in [4.78, 5) is 11.9. The number of nitrogens with two attached hydrogens (primary N) is 1. The molecule has 1 aliphatic rings. The van der Waals surface area contributed by atoms with Gasteiger partial charge in [-0.25, -0.2) is 0 Å². The molecule has 0 radical (unpaired) electrons. The first-order valence-corrected chi connectivity index (χ1v) is 7.74.